The second kappa shape index (κ2) is 9.65. The van der Waals surface area contributed by atoms with E-state index in [0.717, 1.165) is 18.9 Å². The lowest BCUT2D eigenvalue weighted by molar-refractivity contribution is 0.0170. The molecule has 1 N–H and O–H groups in total. The van der Waals surface area contributed by atoms with Gasteiger partial charge in [0, 0.05) is 45.3 Å². The third kappa shape index (κ3) is 6.33. The standard InChI is InChI=1S/C19H29ClN6O4/c1-19(2,3)30-18(28)26-6-4-25(5-7-26)17(27)21-13-15-22-14(20)12-16(23-15)24-8-10-29-11-9-24/h12H,4-11,13H2,1-3H3,(H,21,27). The molecule has 2 fully saturated rings. The molecule has 1 aromatic heterocycles. The van der Waals surface area contributed by atoms with Crippen molar-refractivity contribution in [3.05, 3.63) is 17.0 Å². The van der Waals surface area contributed by atoms with Gasteiger partial charge in [0.25, 0.3) is 0 Å². The van der Waals surface area contributed by atoms with Gasteiger partial charge in [-0.3, -0.25) is 0 Å². The van der Waals surface area contributed by atoms with Crippen LogP contribution in [0.1, 0.15) is 26.6 Å². The largest absolute Gasteiger partial charge is 0.444 e. The minimum atomic E-state index is -0.539. The molecule has 0 spiro atoms. The Bertz CT molecular complexity index is 758. The van der Waals surface area contributed by atoms with Crippen LogP contribution in [-0.4, -0.2) is 90.0 Å². The molecule has 30 heavy (non-hydrogen) atoms. The zero-order valence-corrected chi connectivity index (χ0v) is 18.4. The molecule has 0 unspecified atom stereocenters. The Morgan fingerprint density at radius 1 is 1.10 bits per heavy atom. The van der Waals surface area contributed by atoms with Crippen LogP contribution in [0.2, 0.25) is 5.15 Å². The van der Waals surface area contributed by atoms with Gasteiger partial charge in [0.2, 0.25) is 0 Å². The summed E-state index contributed by atoms with van der Waals surface area (Å²) in [6.45, 7) is 10.1. The van der Waals surface area contributed by atoms with Crippen molar-refractivity contribution in [2.45, 2.75) is 32.9 Å². The van der Waals surface area contributed by atoms with E-state index in [9.17, 15) is 9.59 Å². The fourth-order valence-electron chi connectivity index (χ4n) is 3.17. The molecule has 10 nitrogen and oxygen atoms in total. The number of nitrogens with zero attached hydrogens (tertiary/aromatic N) is 5. The van der Waals surface area contributed by atoms with Crippen molar-refractivity contribution in [2.24, 2.45) is 0 Å². The second-order valence-corrected chi connectivity index (χ2v) is 8.56. The van der Waals surface area contributed by atoms with Crippen LogP contribution >= 0.6 is 11.6 Å². The van der Waals surface area contributed by atoms with E-state index in [1.165, 1.54) is 0 Å². The van der Waals surface area contributed by atoms with Crippen molar-refractivity contribution in [1.29, 1.82) is 0 Å². The van der Waals surface area contributed by atoms with E-state index in [0.29, 0.717) is 50.4 Å². The van der Waals surface area contributed by atoms with Crippen LogP contribution in [0.4, 0.5) is 15.4 Å². The number of anilines is 1. The molecular weight excluding hydrogens is 412 g/mol. The number of hydrogen-bond acceptors (Lipinski definition) is 7. The summed E-state index contributed by atoms with van der Waals surface area (Å²) in [6, 6.07) is 1.49. The summed E-state index contributed by atoms with van der Waals surface area (Å²) in [6.07, 6.45) is -0.356. The van der Waals surface area contributed by atoms with E-state index in [1.54, 1.807) is 15.9 Å². The maximum atomic E-state index is 12.5. The third-order valence-corrected chi connectivity index (χ3v) is 4.87. The predicted molar refractivity (Wildman–Crippen MR) is 112 cm³/mol. The summed E-state index contributed by atoms with van der Waals surface area (Å²) >= 11 is 6.14. The smallest absolute Gasteiger partial charge is 0.410 e. The summed E-state index contributed by atoms with van der Waals surface area (Å²) in [5, 5.41) is 3.17. The van der Waals surface area contributed by atoms with Gasteiger partial charge in [-0.25, -0.2) is 19.6 Å². The lowest BCUT2D eigenvalue weighted by Gasteiger charge is -2.35. The third-order valence-electron chi connectivity index (χ3n) is 4.68. The Kier molecular flexibility index (Phi) is 7.19. The zero-order valence-electron chi connectivity index (χ0n) is 17.7. The number of nitrogens with one attached hydrogen (secondary N) is 1. The molecule has 0 aromatic carbocycles. The maximum Gasteiger partial charge on any atom is 0.410 e. The highest BCUT2D eigenvalue weighted by Crippen LogP contribution is 2.17. The molecule has 0 radical (unpaired) electrons. The normalized spacial score (nSPS) is 17.7. The lowest BCUT2D eigenvalue weighted by Crippen LogP contribution is -2.53. The SMILES string of the molecule is CC(C)(C)OC(=O)N1CCN(C(=O)NCc2nc(Cl)cc(N3CCOCC3)n2)CC1. The highest BCUT2D eigenvalue weighted by Gasteiger charge is 2.27. The number of rotatable bonds is 3. The number of urea groups is 1. The molecule has 0 bridgehead atoms. The molecule has 3 heterocycles. The van der Waals surface area contributed by atoms with Gasteiger partial charge in [-0.2, -0.15) is 0 Å². The Hall–Kier alpha value is -2.33. The van der Waals surface area contributed by atoms with E-state index in [-0.39, 0.29) is 18.7 Å². The topological polar surface area (TPSA) is 100 Å². The molecule has 3 rings (SSSR count). The molecule has 11 heteroatoms. The van der Waals surface area contributed by atoms with Crippen LogP contribution in [0.25, 0.3) is 0 Å². The Morgan fingerprint density at radius 3 is 2.37 bits per heavy atom. The first-order chi connectivity index (χ1) is 14.2. The van der Waals surface area contributed by atoms with Gasteiger partial charge in [0.15, 0.2) is 5.82 Å². The molecule has 0 saturated carbocycles. The van der Waals surface area contributed by atoms with E-state index in [2.05, 4.69) is 20.2 Å². The fourth-order valence-corrected chi connectivity index (χ4v) is 3.37. The summed E-state index contributed by atoms with van der Waals surface area (Å²) in [4.78, 5) is 38.7. The van der Waals surface area contributed by atoms with Crippen LogP contribution in [-0.2, 0) is 16.0 Å². The first-order valence-electron chi connectivity index (χ1n) is 10.1. The van der Waals surface area contributed by atoms with Gasteiger partial charge in [-0.15, -0.1) is 0 Å². The number of amides is 3. The highest BCUT2D eigenvalue weighted by molar-refractivity contribution is 6.29. The fraction of sp³-hybridized carbons (Fsp3) is 0.684. The molecule has 2 aliphatic heterocycles. The highest BCUT2D eigenvalue weighted by atomic mass is 35.5. The number of halogens is 1. The Morgan fingerprint density at radius 2 is 1.73 bits per heavy atom. The van der Waals surface area contributed by atoms with Crippen molar-refractivity contribution in [3.8, 4) is 0 Å². The number of hydrogen-bond donors (Lipinski definition) is 1. The molecule has 2 aliphatic rings. The molecular formula is C19H29ClN6O4. The van der Waals surface area contributed by atoms with E-state index in [4.69, 9.17) is 21.1 Å². The number of morpholine rings is 1. The first-order valence-corrected chi connectivity index (χ1v) is 10.5. The van der Waals surface area contributed by atoms with Gasteiger partial charge in [-0.1, -0.05) is 11.6 Å². The van der Waals surface area contributed by atoms with Crippen LogP contribution in [0.15, 0.2) is 6.07 Å². The van der Waals surface area contributed by atoms with Crippen molar-refractivity contribution >= 4 is 29.5 Å². The van der Waals surface area contributed by atoms with Gasteiger partial charge in [-0.05, 0) is 20.8 Å². The number of piperazine rings is 1. The van der Waals surface area contributed by atoms with Crippen molar-refractivity contribution in [3.63, 3.8) is 0 Å². The minimum absolute atomic E-state index is 0.170. The molecule has 166 valence electrons. The van der Waals surface area contributed by atoms with Crippen molar-refractivity contribution in [2.75, 3.05) is 57.4 Å². The number of aromatic nitrogens is 2. The maximum absolute atomic E-state index is 12.5. The van der Waals surface area contributed by atoms with Gasteiger partial charge < -0.3 is 29.5 Å². The van der Waals surface area contributed by atoms with Crippen LogP contribution in [0, 0.1) is 0 Å². The number of carbonyl (C=O) groups is 2. The van der Waals surface area contributed by atoms with Crippen LogP contribution < -0.4 is 10.2 Å². The summed E-state index contributed by atoms with van der Waals surface area (Å²) in [5.74, 6) is 1.18. The van der Waals surface area contributed by atoms with Gasteiger partial charge in [0.1, 0.15) is 16.6 Å². The average Bonchev–Trinajstić information content (AvgIpc) is 2.71. The zero-order chi connectivity index (χ0) is 21.7. The molecule has 0 atom stereocenters. The number of carbonyl (C=O) groups excluding carboxylic acids is 2. The second-order valence-electron chi connectivity index (χ2n) is 8.18. The summed E-state index contributed by atoms with van der Waals surface area (Å²) < 4.78 is 10.7. The molecule has 1 aromatic rings. The predicted octanol–water partition coefficient (Wildman–Crippen LogP) is 1.73. The van der Waals surface area contributed by atoms with Crippen LogP contribution in [0.3, 0.4) is 0 Å². The van der Waals surface area contributed by atoms with Gasteiger partial charge in [0.05, 0.1) is 19.8 Å². The Balaban J connectivity index is 1.49. The summed E-state index contributed by atoms with van der Waals surface area (Å²) in [7, 11) is 0. The first kappa shape index (κ1) is 22.4. The van der Waals surface area contributed by atoms with Gasteiger partial charge >= 0.3 is 12.1 Å². The van der Waals surface area contributed by atoms with Crippen molar-refractivity contribution in [1.82, 2.24) is 25.1 Å². The monoisotopic (exact) mass is 440 g/mol. The average molecular weight is 441 g/mol. The van der Waals surface area contributed by atoms with E-state index in [1.807, 2.05) is 20.8 Å². The molecule has 3 amide bonds. The lowest BCUT2D eigenvalue weighted by atomic mass is 10.2. The van der Waals surface area contributed by atoms with Crippen molar-refractivity contribution < 1.29 is 19.1 Å². The molecule has 2 saturated heterocycles. The quantitative estimate of drug-likeness (QED) is 0.714. The van der Waals surface area contributed by atoms with E-state index < -0.39 is 5.60 Å². The summed E-state index contributed by atoms with van der Waals surface area (Å²) in [5.41, 5.74) is -0.539. The number of ether oxygens (including phenoxy) is 2. The van der Waals surface area contributed by atoms with E-state index >= 15 is 0 Å². The minimum Gasteiger partial charge on any atom is -0.444 e. The Labute approximate surface area is 181 Å². The molecule has 0 aliphatic carbocycles. The van der Waals surface area contributed by atoms with Crippen LogP contribution in [0.5, 0.6) is 0 Å².